The molecule has 0 aromatic carbocycles. The van der Waals surface area contributed by atoms with E-state index in [0.717, 1.165) is 5.88 Å². The molecule has 0 heterocycles. The van der Waals surface area contributed by atoms with Crippen molar-refractivity contribution in [2.75, 3.05) is 17.9 Å². The zero-order valence-corrected chi connectivity index (χ0v) is 9.19. The maximum Gasteiger partial charge on any atom is 0.0285 e. The SMILES string of the molecule is CSCCC1(CCl)CC1(C)C. The van der Waals surface area contributed by atoms with Crippen molar-refractivity contribution < 1.29 is 0 Å². The Hall–Kier alpha value is 0.640. The first kappa shape index (κ1) is 9.73. The van der Waals surface area contributed by atoms with Crippen LogP contribution >= 0.6 is 23.4 Å². The molecular formula is C9H17ClS. The van der Waals surface area contributed by atoms with Gasteiger partial charge in [-0.3, -0.25) is 0 Å². The lowest BCUT2D eigenvalue weighted by atomic mass is 9.95. The van der Waals surface area contributed by atoms with Crippen molar-refractivity contribution >= 4 is 23.4 Å². The molecule has 0 saturated heterocycles. The Bertz CT molecular complexity index is 144. The molecule has 0 aromatic heterocycles. The molecular weight excluding hydrogens is 176 g/mol. The van der Waals surface area contributed by atoms with Crippen molar-refractivity contribution in [1.29, 1.82) is 0 Å². The molecule has 1 saturated carbocycles. The Balaban J connectivity index is 2.40. The van der Waals surface area contributed by atoms with Gasteiger partial charge in [0.2, 0.25) is 0 Å². The van der Waals surface area contributed by atoms with Crippen LogP contribution in [0.2, 0.25) is 0 Å². The smallest absolute Gasteiger partial charge is 0.0285 e. The van der Waals surface area contributed by atoms with Crippen molar-refractivity contribution in [3.8, 4) is 0 Å². The van der Waals surface area contributed by atoms with Gasteiger partial charge in [0.15, 0.2) is 0 Å². The molecule has 1 aliphatic rings. The summed E-state index contributed by atoms with van der Waals surface area (Å²) in [5, 5.41) is 0. The average Bonchev–Trinajstić information content (AvgIpc) is 2.50. The van der Waals surface area contributed by atoms with E-state index in [0.29, 0.717) is 10.8 Å². The standard InChI is InChI=1S/C9H17ClS/c1-8(2)6-9(8,7-10)4-5-11-3/h4-7H2,1-3H3. The van der Waals surface area contributed by atoms with Gasteiger partial charge in [-0.25, -0.2) is 0 Å². The van der Waals surface area contributed by atoms with Gasteiger partial charge >= 0.3 is 0 Å². The summed E-state index contributed by atoms with van der Waals surface area (Å²) in [5.74, 6) is 2.11. The molecule has 1 aliphatic carbocycles. The Morgan fingerprint density at radius 3 is 2.27 bits per heavy atom. The summed E-state index contributed by atoms with van der Waals surface area (Å²) < 4.78 is 0. The molecule has 0 aromatic rings. The lowest BCUT2D eigenvalue weighted by Crippen LogP contribution is -2.11. The van der Waals surface area contributed by atoms with Crippen LogP contribution in [0, 0.1) is 10.8 Å². The molecule has 0 N–H and O–H groups in total. The summed E-state index contributed by atoms with van der Waals surface area (Å²) in [7, 11) is 0. The van der Waals surface area contributed by atoms with Crippen molar-refractivity contribution in [2.45, 2.75) is 26.7 Å². The summed E-state index contributed by atoms with van der Waals surface area (Å²) in [4.78, 5) is 0. The van der Waals surface area contributed by atoms with Crippen LogP contribution in [0.4, 0.5) is 0 Å². The second kappa shape index (κ2) is 3.18. The molecule has 0 bridgehead atoms. The van der Waals surface area contributed by atoms with Crippen LogP contribution < -0.4 is 0 Å². The topological polar surface area (TPSA) is 0 Å². The second-order valence-electron chi connectivity index (χ2n) is 4.22. The minimum absolute atomic E-state index is 0.484. The average molecular weight is 193 g/mol. The van der Waals surface area contributed by atoms with E-state index in [2.05, 4.69) is 20.1 Å². The van der Waals surface area contributed by atoms with Gasteiger partial charge in [-0.2, -0.15) is 11.8 Å². The minimum atomic E-state index is 0.484. The van der Waals surface area contributed by atoms with Gasteiger partial charge in [0.05, 0.1) is 0 Å². The minimum Gasteiger partial charge on any atom is -0.165 e. The zero-order chi connectivity index (χ0) is 8.54. The lowest BCUT2D eigenvalue weighted by Gasteiger charge is -2.16. The Morgan fingerprint density at radius 2 is 2.00 bits per heavy atom. The fourth-order valence-corrected chi connectivity index (χ4v) is 3.01. The first-order chi connectivity index (χ1) is 5.08. The monoisotopic (exact) mass is 192 g/mol. The van der Waals surface area contributed by atoms with E-state index in [1.54, 1.807) is 0 Å². The van der Waals surface area contributed by atoms with Crippen molar-refractivity contribution in [1.82, 2.24) is 0 Å². The Kier molecular flexibility index (Phi) is 2.81. The van der Waals surface area contributed by atoms with Crippen LogP contribution in [-0.2, 0) is 0 Å². The molecule has 0 spiro atoms. The molecule has 0 aliphatic heterocycles. The molecule has 1 fully saturated rings. The van der Waals surface area contributed by atoms with E-state index in [9.17, 15) is 0 Å². The third-order valence-corrected chi connectivity index (χ3v) is 4.26. The Labute approximate surface area is 79.1 Å². The number of halogens is 1. The highest BCUT2D eigenvalue weighted by Crippen LogP contribution is 2.66. The second-order valence-corrected chi connectivity index (χ2v) is 5.47. The van der Waals surface area contributed by atoms with E-state index in [-0.39, 0.29) is 0 Å². The van der Waals surface area contributed by atoms with E-state index >= 15 is 0 Å². The highest BCUT2D eigenvalue weighted by molar-refractivity contribution is 7.98. The molecule has 0 amide bonds. The lowest BCUT2D eigenvalue weighted by molar-refractivity contribution is 0.414. The molecule has 0 nitrogen and oxygen atoms in total. The van der Waals surface area contributed by atoms with Crippen molar-refractivity contribution in [3.05, 3.63) is 0 Å². The number of hydrogen-bond acceptors (Lipinski definition) is 1. The first-order valence-corrected chi connectivity index (χ1v) is 6.06. The highest BCUT2D eigenvalue weighted by Gasteiger charge is 2.59. The maximum atomic E-state index is 5.97. The molecule has 11 heavy (non-hydrogen) atoms. The van der Waals surface area contributed by atoms with Gasteiger partial charge in [-0.1, -0.05) is 13.8 Å². The van der Waals surface area contributed by atoms with E-state index in [1.165, 1.54) is 18.6 Å². The summed E-state index contributed by atoms with van der Waals surface area (Å²) >= 11 is 7.89. The van der Waals surface area contributed by atoms with Crippen LogP contribution in [0.15, 0.2) is 0 Å². The summed E-state index contributed by atoms with van der Waals surface area (Å²) in [6.45, 7) is 4.66. The van der Waals surface area contributed by atoms with Gasteiger partial charge in [0.1, 0.15) is 0 Å². The van der Waals surface area contributed by atoms with Crippen LogP contribution in [0.25, 0.3) is 0 Å². The molecule has 2 heteroatoms. The molecule has 1 unspecified atom stereocenters. The third kappa shape index (κ3) is 1.70. The van der Waals surface area contributed by atoms with Gasteiger partial charge in [0.25, 0.3) is 0 Å². The van der Waals surface area contributed by atoms with Gasteiger partial charge in [-0.15, -0.1) is 11.6 Å². The molecule has 1 atom stereocenters. The van der Waals surface area contributed by atoms with E-state index in [4.69, 9.17) is 11.6 Å². The number of hydrogen-bond donors (Lipinski definition) is 0. The van der Waals surface area contributed by atoms with Gasteiger partial charge < -0.3 is 0 Å². The number of rotatable bonds is 4. The van der Waals surface area contributed by atoms with Crippen molar-refractivity contribution in [3.63, 3.8) is 0 Å². The summed E-state index contributed by atoms with van der Waals surface area (Å²) in [6.07, 6.45) is 4.78. The van der Waals surface area contributed by atoms with Crippen molar-refractivity contribution in [2.24, 2.45) is 10.8 Å². The highest BCUT2D eigenvalue weighted by atomic mass is 35.5. The quantitative estimate of drug-likeness (QED) is 0.616. The molecule has 0 radical (unpaired) electrons. The van der Waals surface area contributed by atoms with Crippen LogP contribution in [0.3, 0.4) is 0 Å². The van der Waals surface area contributed by atoms with E-state index < -0.39 is 0 Å². The normalized spacial score (nSPS) is 33.8. The zero-order valence-electron chi connectivity index (χ0n) is 7.61. The molecule has 1 rings (SSSR count). The van der Waals surface area contributed by atoms with E-state index in [1.807, 2.05) is 11.8 Å². The van der Waals surface area contributed by atoms with Gasteiger partial charge in [-0.05, 0) is 35.7 Å². The summed E-state index contributed by atoms with van der Waals surface area (Å²) in [5.41, 5.74) is 1.00. The summed E-state index contributed by atoms with van der Waals surface area (Å²) in [6, 6.07) is 0. The third-order valence-electron chi connectivity index (χ3n) is 3.13. The predicted octanol–water partition coefficient (Wildman–Crippen LogP) is 3.39. The fraction of sp³-hybridized carbons (Fsp3) is 1.00. The predicted molar refractivity (Wildman–Crippen MR) is 54.6 cm³/mol. The maximum absolute atomic E-state index is 5.97. The fourth-order valence-electron chi connectivity index (χ4n) is 1.82. The number of alkyl halides is 1. The molecule has 66 valence electrons. The van der Waals surface area contributed by atoms with Crippen LogP contribution in [0.5, 0.6) is 0 Å². The van der Waals surface area contributed by atoms with Crippen LogP contribution in [0.1, 0.15) is 26.7 Å². The first-order valence-electron chi connectivity index (χ1n) is 4.13. The number of thioether (sulfide) groups is 1. The Morgan fingerprint density at radius 1 is 1.45 bits per heavy atom. The van der Waals surface area contributed by atoms with Gasteiger partial charge in [0, 0.05) is 5.88 Å². The van der Waals surface area contributed by atoms with Crippen LogP contribution in [-0.4, -0.2) is 17.9 Å². The largest absolute Gasteiger partial charge is 0.165 e.